The summed E-state index contributed by atoms with van der Waals surface area (Å²) in [5.41, 5.74) is -0.976. The van der Waals surface area contributed by atoms with Gasteiger partial charge in [0.2, 0.25) is 0 Å². The fourth-order valence-electron chi connectivity index (χ4n) is 1.97. The number of aliphatic hydroxyl groups is 2. The second-order valence-electron chi connectivity index (χ2n) is 4.77. The van der Waals surface area contributed by atoms with Crippen LogP contribution in [-0.2, 0) is 0 Å². The molecule has 3 heteroatoms. The summed E-state index contributed by atoms with van der Waals surface area (Å²) in [5.74, 6) is 0. The van der Waals surface area contributed by atoms with Crippen LogP contribution in [0.15, 0.2) is 0 Å². The van der Waals surface area contributed by atoms with Crippen molar-refractivity contribution in [2.75, 3.05) is 13.6 Å². The Labute approximate surface area is 94.1 Å². The van der Waals surface area contributed by atoms with Gasteiger partial charge in [-0.3, -0.25) is 0 Å². The van der Waals surface area contributed by atoms with Gasteiger partial charge in [-0.1, -0.05) is 20.3 Å². The quantitative estimate of drug-likeness (QED) is 0.681. The highest BCUT2D eigenvalue weighted by Crippen LogP contribution is 2.21. The van der Waals surface area contributed by atoms with E-state index in [1.54, 1.807) is 6.92 Å². The molecule has 92 valence electrons. The summed E-state index contributed by atoms with van der Waals surface area (Å²) in [4.78, 5) is 2.09. The van der Waals surface area contributed by atoms with E-state index < -0.39 is 11.7 Å². The van der Waals surface area contributed by atoms with Gasteiger partial charge in [0.1, 0.15) is 0 Å². The van der Waals surface area contributed by atoms with Gasteiger partial charge in [0, 0.05) is 6.04 Å². The molecule has 0 aliphatic rings. The lowest BCUT2D eigenvalue weighted by Gasteiger charge is -2.37. The first-order valence-corrected chi connectivity index (χ1v) is 5.97. The molecule has 2 N–H and O–H groups in total. The molecule has 0 rings (SSSR count). The van der Waals surface area contributed by atoms with E-state index in [1.165, 1.54) is 0 Å². The molecule has 0 aromatic heterocycles. The highest BCUT2D eigenvalue weighted by molar-refractivity contribution is 4.88. The third kappa shape index (κ3) is 4.49. The molecule has 0 aromatic carbocycles. The number of nitrogens with zero attached hydrogens (tertiary/aromatic N) is 1. The first-order valence-electron chi connectivity index (χ1n) is 5.97. The lowest BCUT2D eigenvalue weighted by Crippen LogP contribution is -2.51. The average molecular weight is 217 g/mol. The second-order valence-corrected chi connectivity index (χ2v) is 4.77. The van der Waals surface area contributed by atoms with Crippen molar-refractivity contribution >= 4 is 0 Å². The van der Waals surface area contributed by atoms with Crippen LogP contribution in [0, 0.1) is 0 Å². The van der Waals surface area contributed by atoms with E-state index in [2.05, 4.69) is 11.8 Å². The van der Waals surface area contributed by atoms with Crippen molar-refractivity contribution in [3.8, 4) is 0 Å². The monoisotopic (exact) mass is 217 g/mol. The molecule has 0 heterocycles. The standard InChI is InChI=1S/C12H27NO2/c1-6-8-12(4,15)11(14)10(3)13(5)9-7-2/h10-11,14-15H,6-9H2,1-5H3. The lowest BCUT2D eigenvalue weighted by atomic mass is 9.89. The van der Waals surface area contributed by atoms with Gasteiger partial charge in [0.05, 0.1) is 11.7 Å². The zero-order chi connectivity index (χ0) is 12.1. The van der Waals surface area contributed by atoms with Crippen LogP contribution in [0.4, 0.5) is 0 Å². The topological polar surface area (TPSA) is 43.7 Å². The SMILES string of the molecule is CCCN(C)C(C)C(O)C(C)(O)CCC. The van der Waals surface area contributed by atoms with E-state index in [1.807, 2.05) is 20.9 Å². The largest absolute Gasteiger partial charge is 0.389 e. The molecule has 3 unspecified atom stereocenters. The second kappa shape index (κ2) is 6.46. The Kier molecular flexibility index (Phi) is 6.41. The highest BCUT2D eigenvalue weighted by Gasteiger charge is 2.34. The summed E-state index contributed by atoms with van der Waals surface area (Å²) >= 11 is 0. The Bertz CT molecular complexity index is 171. The molecule has 0 radical (unpaired) electrons. The van der Waals surface area contributed by atoms with E-state index >= 15 is 0 Å². The van der Waals surface area contributed by atoms with Crippen LogP contribution in [0.2, 0.25) is 0 Å². The van der Waals surface area contributed by atoms with Crippen molar-refractivity contribution < 1.29 is 10.2 Å². The van der Waals surface area contributed by atoms with Gasteiger partial charge in [-0.25, -0.2) is 0 Å². The first-order chi connectivity index (χ1) is 6.86. The number of hydrogen-bond donors (Lipinski definition) is 2. The van der Waals surface area contributed by atoms with Crippen molar-refractivity contribution in [3.63, 3.8) is 0 Å². The molecule has 0 aliphatic carbocycles. The minimum Gasteiger partial charge on any atom is -0.389 e. The average Bonchev–Trinajstić information content (AvgIpc) is 2.15. The summed E-state index contributed by atoms with van der Waals surface area (Å²) < 4.78 is 0. The summed E-state index contributed by atoms with van der Waals surface area (Å²) in [5, 5.41) is 20.2. The molecule has 0 amide bonds. The van der Waals surface area contributed by atoms with Crippen molar-refractivity contribution in [3.05, 3.63) is 0 Å². The van der Waals surface area contributed by atoms with Crippen LogP contribution in [0.5, 0.6) is 0 Å². The minimum atomic E-state index is -0.976. The Morgan fingerprint density at radius 1 is 1.27 bits per heavy atom. The number of likely N-dealkylation sites (N-methyl/N-ethyl adjacent to an activating group) is 1. The summed E-state index contributed by atoms with van der Waals surface area (Å²) in [7, 11) is 1.99. The van der Waals surface area contributed by atoms with E-state index in [4.69, 9.17) is 0 Å². The predicted molar refractivity (Wildman–Crippen MR) is 63.9 cm³/mol. The van der Waals surface area contributed by atoms with Crippen molar-refractivity contribution in [2.24, 2.45) is 0 Å². The predicted octanol–water partition coefficient (Wildman–Crippen LogP) is 1.63. The third-order valence-corrected chi connectivity index (χ3v) is 3.12. The van der Waals surface area contributed by atoms with Gasteiger partial charge < -0.3 is 15.1 Å². The molecule has 0 spiro atoms. The fourth-order valence-corrected chi connectivity index (χ4v) is 1.97. The summed E-state index contributed by atoms with van der Waals surface area (Å²) in [6, 6.07) is -0.00787. The maximum Gasteiger partial charge on any atom is 0.0976 e. The molecule has 15 heavy (non-hydrogen) atoms. The third-order valence-electron chi connectivity index (χ3n) is 3.12. The van der Waals surface area contributed by atoms with E-state index in [9.17, 15) is 10.2 Å². The number of aliphatic hydroxyl groups excluding tert-OH is 1. The van der Waals surface area contributed by atoms with Crippen LogP contribution in [0.1, 0.15) is 47.0 Å². The molecule has 0 aliphatic heterocycles. The lowest BCUT2D eigenvalue weighted by molar-refractivity contribution is -0.0974. The molecule has 0 bridgehead atoms. The van der Waals surface area contributed by atoms with Crippen LogP contribution < -0.4 is 0 Å². The van der Waals surface area contributed by atoms with E-state index in [-0.39, 0.29) is 6.04 Å². The molecular formula is C12H27NO2. The molecule has 0 aromatic rings. The highest BCUT2D eigenvalue weighted by atomic mass is 16.3. The van der Waals surface area contributed by atoms with E-state index in [0.717, 1.165) is 19.4 Å². The van der Waals surface area contributed by atoms with Gasteiger partial charge in [0.15, 0.2) is 0 Å². The molecule has 3 nitrogen and oxygen atoms in total. The van der Waals surface area contributed by atoms with Gasteiger partial charge in [0.25, 0.3) is 0 Å². The number of hydrogen-bond acceptors (Lipinski definition) is 3. The maximum atomic E-state index is 10.1. The Hall–Kier alpha value is -0.120. The normalized spacial score (nSPS) is 20.0. The van der Waals surface area contributed by atoms with Crippen molar-refractivity contribution in [1.29, 1.82) is 0 Å². The van der Waals surface area contributed by atoms with E-state index in [0.29, 0.717) is 6.42 Å². The molecular weight excluding hydrogens is 190 g/mol. The van der Waals surface area contributed by atoms with Gasteiger partial charge >= 0.3 is 0 Å². The Morgan fingerprint density at radius 2 is 1.80 bits per heavy atom. The molecule has 3 atom stereocenters. The van der Waals surface area contributed by atoms with Crippen LogP contribution >= 0.6 is 0 Å². The molecule has 0 saturated carbocycles. The van der Waals surface area contributed by atoms with Crippen LogP contribution in [0.3, 0.4) is 0 Å². The zero-order valence-electron chi connectivity index (χ0n) is 10.8. The first kappa shape index (κ1) is 14.9. The molecule has 0 saturated heterocycles. The Balaban J connectivity index is 4.34. The summed E-state index contributed by atoms with van der Waals surface area (Å²) in [6.45, 7) is 8.75. The molecule has 0 fully saturated rings. The maximum absolute atomic E-state index is 10.1. The minimum absolute atomic E-state index is 0.00787. The van der Waals surface area contributed by atoms with Crippen LogP contribution in [0.25, 0.3) is 0 Å². The van der Waals surface area contributed by atoms with Gasteiger partial charge in [-0.05, 0) is 40.3 Å². The van der Waals surface area contributed by atoms with Crippen LogP contribution in [-0.4, -0.2) is 46.5 Å². The zero-order valence-corrected chi connectivity index (χ0v) is 10.8. The Morgan fingerprint density at radius 3 is 2.20 bits per heavy atom. The smallest absolute Gasteiger partial charge is 0.0976 e. The van der Waals surface area contributed by atoms with Gasteiger partial charge in [-0.15, -0.1) is 0 Å². The number of rotatable bonds is 7. The van der Waals surface area contributed by atoms with Crippen molar-refractivity contribution in [2.45, 2.75) is 64.7 Å². The van der Waals surface area contributed by atoms with Gasteiger partial charge in [-0.2, -0.15) is 0 Å². The van der Waals surface area contributed by atoms with Crippen molar-refractivity contribution in [1.82, 2.24) is 4.90 Å². The fraction of sp³-hybridized carbons (Fsp3) is 1.00. The summed E-state index contributed by atoms with van der Waals surface area (Å²) in [6.07, 6.45) is 1.89.